The van der Waals surface area contributed by atoms with Gasteiger partial charge in [-0.15, -0.1) is 0 Å². The number of pyridine rings is 1. The molecule has 1 amide bonds. The van der Waals surface area contributed by atoms with Crippen molar-refractivity contribution in [3.8, 4) is 17.0 Å². The van der Waals surface area contributed by atoms with Gasteiger partial charge in [-0.3, -0.25) is 14.6 Å². The maximum atomic E-state index is 12.9. The molecule has 2 N–H and O–H groups in total. The Kier molecular flexibility index (Phi) is 6.67. The lowest BCUT2D eigenvalue weighted by Gasteiger charge is -2.24. The van der Waals surface area contributed by atoms with E-state index in [4.69, 9.17) is 8.85 Å². The van der Waals surface area contributed by atoms with E-state index in [9.17, 15) is 13.8 Å². The van der Waals surface area contributed by atoms with E-state index in [1.165, 1.54) is 44.3 Å². The molecular formula is C26H30N6O4S. The quantitative estimate of drug-likeness (QED) is 0.373. The highest BCUT2D eigenvalue weighted by Crippen LogP contribution is 2.38. The lowest BCUT2D eigenvalue weighted by molar-refractivity contribution is -0.122. The van der Waals surface area contributed by atoms with E-state index in [1.54, 1.807) is 18.2 Å². The topological polar surface area (TPSA) is 136 Å². The molecule has 2 heterocycles. The van der Waals surface area contributed by atoms with Gasteiger partial charge >= 0.3 is 0 Å². The van der Waals surface area contributed by atoms with Gasteiger partial charge in [0.25, 0.3) is 0 Å². The lowest BCUT2D eigenvalue weighted by atomic mass is 9.85. The van der Waals surface area contributed by atoms with Crippen LogP contribution in [0.3, 0.4) is 0 Å². The highest BCUT2D eigenvalue weighted by molar-refractivity contribution is 7.92. The van der Waals surface area contributed by atoms with Gasteiger partial charge in [0.05, 0.1) is 42.1 Å². The molecule has 0 aliphatic heterocycles. The predicted molar refractivity (Wildman–Crippen MR) is 144 cm³/mol. The smallest absolute Gasteiger partial charge is 0.228 e. The standard InChI is InChI=1S/C26H30N6O4S/c1-5-22(33)18-13-28-23(31-26(34)16-8-6-9-16)12-20(18)30-19-11-7-10-17(25(19)36-2)21-14-29-24(15-27-21)32-37(3,4)35/h7,10-16H,5-6,8-9H2,1-4H3,(H2,28,30,31,34)/i1D3. The fourth-order valence-corrected chi connectivity index (χ4v) is 4.32. The SMILES string of the molecule is [2H]C([2H])([2H])CC(=O)c1cnc(NC(=O)C2CCC2)cc1Nc1cccc(-c2cnc(N=S(C)(C)=O)cn2)c1OC. The van der Waals surface area contributed by atoms with Gasteiger partial charge in [-0.05, 0) is 25.0 Å². The van der Waals surface area contributed by atoms with Gasteiger partial charge in [-0.25, -0.2) is 14.2 Å². The van der Waals surface area contributed by atoms with E-state index in [-0.39, 0.29) is 34.7 Å². The Labute approximate surface area is 220 Å². The van der Waals surface area contributed by atoms with Crippen LogP contribution < -0.4 is 15.4 Å². The largest absolute Gasteiger partial charge is 0.494 e. The number of hydrogen-bond donors (Lipinski definition) is 2. The van der Waals surface area contributed by atoms with Crippen molar-refractivity contribution in [1.29, 1.82) is 0 Å². The first-order valence-corrected chi connectivity index (χ1v) is 13.9. The van der Waals surface area contributed by atoms with Crippen molar-refractivity contribution < 1.29 is 22.6 Å². The third kappa shape index (κ3) is 6.29. The fourth-order valence-electron chi connectivity index (χ4n) is 3.78. The van der Waals surface area contributed by atoms with Gasteiger partial charge in [0, 0.05) is 56.5 Å². The monoisotopic (exact) mass is 525 g/mol. The number of para-hydroxylation sites is 1. The number of aromatic nitrogens is 3. The Balaban J connectivity index is 1.71. The third-order valence-electron chi connectivity index (χ3n) is 5.81. The van der Waals surface area contributed by atoms with E-state index < -0.39 is 28.8 Å². The second-order valence-corrected chi connectivity index (χ2v) is 11.4. The van der Waals surface area contributed by atoms with Crippen LogP contribution in [0.1, 0.15) is 47.0 Å². The molecule has 194 valence electrons. The molecule has 0 radical (unpaired) electrons. The van der Waals surface area contributed by atoms with Crippen molar-refractivity contribution in [2.75, 3.05) is 30.3 Å². The second-order valence-electron chi connectivity index (χ2n) is 8.88. The molecule has 0 bridgehead atoms. The average Bonchev–Trinajstić information content (AvgIpc) is 2.81. The molecule has 1 saturated carbocycles. The molecule has 0 atom stereocenters. The van der Waals surface area contributed by atoms with Crippen molar-refractivity contribution in [2.45, 2.75) is 32.5 Å². The number of rotatable bonds is 9. The third-order valence-corrected chi connectivity index (χ3v) is 6.43. The molecule has 3 aromatic rings. The molecule has 1 fully saturated rings. The van der Waals surface area contributed by atoms with Gasteiger partial charge in [0.1, 0.15) is 5.82 Å². The van der Waals surface area contributed by atoms with Crippen LogP contribution in [0.25, 0.3) is 11.3 Å². The number of carbonyl (C=O) groups excluding carboxylic acids is 2. The fraction of sp³-hybridized carbons (Fsp3) is 0.346. The summed E-state index contributed by atoms with van der Waals surface area (Å²) in [5.41, 5.74) is 1.79. The van der Waals surface area contributed by atoms with Crippen LogP contribution in [0.2, 0.25) is 0 Å². The summed E-state index contributed by atoms with van der Waals surface area (Å²) in [6.07, 6.45) is 9.09. The Morgan fingerprint density at radius 1 is 1.16 bits per heavy atom. The van der Waals surface area contributed by atoms with Gasteiger partial charge in [-0.2, -0.15) is 4.36 Å². The lowest BCUT2D eigenvalue weighted by Crippen LogP contribution is -2.28. The van der Waals surface area contributed by atoms with Crippen LogP contribution in [0.5, 0.6) is 5.75 Å². The number of ketones is 1. The molecule has 0 spiro atoms. The van der Waals surface area contributed by atoms with Crippen LogP contribution >= 0.6 is 0 Å². The normalized spacial score (nSPS) is 14.9. The van der Waals surface area contributed by atoms with Gasteiger partial charge in [0.2, 0.25) is 5.91 Å². The predicted octanol–water partition coefficient (Wildman–Crippen LogP) is 4.98. The summed E-state index contributed by atoms with van der Waals surface area (Å²) < 4.78 is 44.3. The second kappa shape index (κ2) is 11.0. The molecule has 1 aliphatic rings. The van der Waals surface area contributed by atoms with Crippen molar-refractivity contribution in [3.63, 3.8) is 0 Å². The van der Waals surface area contributed by atoms with E-state index in [1.807, 2.05) is 0 Å². The number of hydrogen-bond acceptors (Lipinski definition) is 9. The van der Waals surface area contributed by atoms with Crippen LogP contribution in [-0.2, 0) is 14.5 Å². The minimum atomic E-state index is -2.47. The molecule has 11 heteroatoms. The molecule has 0 saturated heterocycles. The molecule has 1 aromatic carbocycles. The molecule has 1 aliphatic carbocycles. The number of benzene rings is 1. The Morgan fingerprint density at radius 2 is 1.97 bits per heavy atom. The average molecular weight is 526 g/mol. The number of amides is 1. The van der Waals surface area contributed by atoms with Crippen molar-refractivity contribution in [2.24, 2.45) is 10.3 Å². The zero-order chi connectivity index (χ0) is 29.1. The van der Waals surface area contributed by atoms with Crippen LogP contribution in [0, 0.1) is 5.92 Å². The van der Waals surface area contributed by atoms with E-state index in [0.29, 0.717) is 22.7 Å². The Hall–Kier alpha value is -3.86. The summed E-state index contributed by atoms with van der Waals surface area (Å²) in [6, 6.07) is 6.73. The number of Topliss-reactive ketones (excluding diaryl/α,β-unsaturated/α-hetero) is 1. The maximum Gasteiger partial charge on any atom is 0.228 e. The summed E-state index contributed by atoms with van der Waals surface area (Å²) in [7, 11) is -0.928. The van der Waals surface area contributed by atoms with Gasteiger partial charge in [0.15, 0.2) is 17.4 Å². The molecule has 4 rings (SSSR count). The van der Waals surface area contributed by atoms with Crippen LogP contribution in [0.4, 0.5) is 23.0 Å². The highest BCUT2D eigenvalue weighted by Gasteiger charge is 2.26. The number of nitrogens with zero attached hydrogens (tertiary/aromatic N) is 4. The van der Waals surface area contributed by atoms with Gasteiger partial charge < -0.3 is 15.4 Å². The Morgan fingerprint density at radius 3 is 2.59 bits per heavy atom. The molecule has 2 aromatic heterocycles. The van der Waals surface area contributed by atoms with E-state index in [2.05, 4.69) is 29.9 Å². The molecule has 10 nitrogen and oxygen atoms in total. The summed E-state index contributed by atoms with van der Waals surface area (Å²) >= 11 is 0. The number of ether oxygens (including phenoxy) is 1. The zero-order valence-electron chi connectivity index (χ0n) is 23.8. The first-order chi connectivity index (χ1) is 18.8. The van der Waals surface area contributed by atoms with E-state index in [0.717, 1.165) is 19.3 Å². The molecule has 37 heavy (non-hydrogen) atoms. The summed E-state index contributed by atoms with van der Waals surface area (Å²) in [5.74, 6) is -0.0147. The summed E-state index contributed by atoms with van der Waals surface area (Å²) in [6.45, 7) is -2.47. The van der Waals surface area contributed by atoms with Crippen molar-refractivity contribution in [1.82, 2.24) is 15.0 Å². The van der Waals surface area contributed by atoms with E-state index >= 15 is 0 Å². The molecular weight excluding hydrogens is 492 g/mol. The first kappa shape index (κ1) is 22.3. The van der Waals surface area contributed by atoms with Crippen LogP contribution in [-0.4, -0.2) is 50.5 Å². The maximum absolute atomic E-state index is 12.9. The number of carbonyl (C=O) groups is 2. The minimum Gasteiger partial charge on any atom is -0.494 e. The van der Waals surface area contributed by atoms with Crippen LogP contribution in [0.15, 0.2) is 47.2 Å². The number of methoxy groups -OCH3 is 1. The zero-order valence-corrected chi connectivity index (χ0v) is 21.6. The summed E-state index contributed by atoms with van der Waals surface area (Å²) in [5, 5.41) is 5.94. The molecule has 0 unspecified atom stereocenters. The minimum absolute atomic E-state index is 0.0544. The number of anilines is 3. The number of nitrogens with one attached hydrogen (secondary N) is 2. The first-order valence-electron chi connectivity index (χ1n) is 13.1. The summed E-state index contributed by atoms with van der Waals surface area (Å²) in [4.78, 5) is 38.3. The highest BCUT2D eigenvalue weighted by atomic mass is 32.2. The van der Waals surface area contributed by atoms with Crippen molar-refractivity contribution in [3.05, 3.63) is 48.4 Å². The van der Waals surface area contributed by atoms with Gasteiger partial charge in [-0.1, -0.05) is 19.3 Å². The Bertz CT molecular complexity index is 1540. The van der Waals surface area contributed by atoms with Crippen molar-refractivity contribution >= 4 is 44.4 Å².